The van der Waals surface area contributed by atoms with E-state index in [2.05, 4.69) is 14.5 Å². The lowest BCUT2D eigenvalue weighted by Gasteiger charge is -2.29. The van der Waals surface area contributed by atoms with Crippen LogP contribution in [0.5, 0.6) is 23.1 Å². The summed E-state index contributed by atoms with van der Waals surface area (Å²) in [7, 11) is 0. The van der Waals surface area contributed by atoms with E-state index >= 15 is 0 Å². The topological polar surface area (TPSA) is 64.1 Å². The van der Waals surface area contributed by atoms with Gasteiger partial charge in [0.2, 0.25) is 5.88 Å². The first kappa shape index (κ1) is 30.6. The lowest BCUT2D eigenvalue weighted by molar-refractivity contribution is -0.360. The third kappa shape index (κ3) is 8.53. The van der Waals surface area contributed by atoms with Gasteiger partial charge < -0.3 is 24.2 Å². The fourth-order valence-corrected chi connectivity index (χ4v) is 3.20. The van der Waals surface area contributed by atoms with Crippen LogP contribution in [0.4, 0.5) is 49.6 Å². The molecule has 0 spiro atoms. The van der Waals surface area contributed by atoms with E-state index in [0.717, 1.165) is 35.4 Å². The van der Waals surface area contributed by atoms with Crippen LogP contribution in [0, 0.1) is 0 Å². The van der Waals surface area contributed by atoms with Crippen LogP contribution in [-0.4, -0.2) is 47.8 Å². The highest BCUT2D eigenvalue weighted by Gasteiger charge is 2.61. The predicted octanol–water partition coefficient (Wildman–Crippen LogP) is 6.94. The molecule has 0 aliphatic carbocycles. The first-order chi connectivity index (χ1) is 18.5. The lowest BCUT2D eigenvalue weighted by Crippen LogP contribution is -2.42. The van der Waals surface area contributed by atoms with Gasteiger partial charge in [-0.15, -0.1) is 0 Å². The van der Waals surface area contributed by atoms with E-state index < -0.39 is 55.9 Å². The Labute approximate surface area is 219 Å². The highest BCUT2D eigenvalue weighted by atomic mass is 19.4. The number of hydrogen-bond donors (Lipinski definition) is 1. The van der Waals surface area contributed by atoms with E-state index in [1.807, 2.05) is 0 Å². The molecule has 0 amide bonds. The van der Waals surface area contributed by atoms with E-state index in [-0.39, 0.29) is 22.7 Å². The van der Waals surface area contributed by atoms with Crippen LogP contribution in [0.15, 0.2) is 66.9 Å². The SMILES string of the molecule is OC(CN(Cc1cccc(OC(F)(F)C(F)(F)F)c1)c1cccc(Oc2ccnc(OC(F)F)c2)c1)C(F)(F)F. The predicted molar refractivity (Wildman–Crippen MR) is 119 cm³/mol. The summed E-state index contributed by atoms with van der Waals surface area (Å²) in [5.41, 5.74) is -0.0371. The molecule has 0 radical (unpaired) electrons. The van der Waals surface area contributed by atoms with Crippen molar-refractivity contribution >= 4 is 5.69 Å². The molecule has 0 saturated carbocycles. The van der Waals surface area contributed by atoms with E-state index in [1.165, 1.54) is 36.4 Å². The van der Waals surface area contributed by atoms with Crippen molar-refractivity contribution in [2.45, 2.75) is 37.7 Å². The van der Waals surface area contributed by atoms with Gasteiger partial charge >= 0.3 is 25.1 Å². The number of aromatic nitrogens is 1. The maximum absolute atomic E-state index is 13.3. The molecule has 218 valence electrons. The Hall–Kier alpha value is -3.95. The number of alkyl halides is 10. The van der Waals surface area contributed by atoms with Crippen LogP contribution >= 0.6 is 0 Å². The summed E-state index contributed by atoms with van der Waals surface area (Å²) in [5.74, 6) is -1.41. The third-order valence-corrected chi connectivity index (χ3v) is 4.95. The van der Waals surface area contributed by atoms with Crippen LogP contribution in [0.3, 0.4) is 0 Å². The van der Waals surface area contributed by atoms with Gasteiger partial charge in [-0.2, -0.15) is 43.9 Å². The zero-order valence-electron chi connectivity index (χ0n) is 19.8. The van der Waals surface area contributed by atoms with E-state index in [9.17, 15) is 49.0 Å². The Kier molecular flexibility index (Phi) is 9.22. The Balaban J connectivity index is 1.88. The van der Waals surface area contributed by atoms with Crippen molar-refractivity contribution in [1.82, 2.24) is 4.98 Å². The van der Waals surface area contributed by atoms with Gasteiger partial charge in [0.1, 0.15) is 17.2 Å². The molecule has 1 heterocycles. The minimum absolute atomic E-state index is 0.0000915. The average molecular weight is 588 g/mol. The van der Waals surface area contributed by atoms with Crippen molar-refractivity contribution < 1.29 is 63.2 Å². The number of ether oxygens (including phenoxy) is 3. The fraction of sp³-hybridized carbons (Fsp3) is 0.292. The number of aliphatic hydroxyl groups excluding tert-OH is 1. The Morgan fingerprint density at radius 1 is 0.825 bits per heavy atom. The summed E-state index contributed by atoms with van der Waals surface area (Å²) in [6.07, 6.45) is -18.4. The van der Waals surface area contributed by atoms with Crippen molar-refractivity contribution in [3.05, 3.63) is 72.4 Å². The van der Waals surface area contributed by atoms with E-state index in [1.54, 1.807) is 0 Å². The highest BCUT2D eigenvalue weighted by Crippen LogP contribution is 2.38. The van der Waals surface area contributed by atoms with Gasteiger partial charge in [0.05, 0.1) is 6.54 Å². The van der Waals surface area contributed by atoms with Crippen molar-refractivity contribution in [1.29, 1.82) is 0 Å². The molecule has 0 aliphatic heterocycles. The van der Waals surface area contributed by atoms with Crippen LogP contribution < -0.4 is 19.1 Å². The zero-order valence-corrected chi connectivity index (χ0v) is 19.8. The number of rotatable bonds is 11. The summed E-state index contributed by atoms with van der Waals surface area (Å²) in [5, 5.41) is 9.67. The zero-order chi connectivity index (χ0) is 29.7. The first-order valence-corrected chi connectivity index (χ1v) is 10.9. The summed E-state index contributed by atoms with van der Waals surface area (Å²) < 4.78 is 142. The number of benzene rings is 2. The third-order valence-electron chi connectivity index (χ3n) is 4.95. The van der Waals surface area contributed by atoms with Crippen LogP contribution in [0.25, 0.3) is 0 Å². The van der Waals surface area contributed by atoms with Gasteiger partial charge in [-0.3, -0.25) is 0 Å². The molecule has 3 aromatic rings. The normalized spacial score (nSPS) is 13.2. The maximum Gasteiger partial charge on any atom is 0.499 e. The van der Waals surface area contributed by atoms with Crippen molar-refractivity contribution in [3.8, 4) is 23.1 Å². The average Bonchev–Trinajstić information content (AvgIpc) is 2.82. The van der Waals surface area contributed by atoms with Crippen LogP contribution in [0.2, 0.25) is 0 Å². The van der Waals surface area contributed by atoms with Crippen molar-refractivity contribution in [3.63, 3.8) is 0 Å². The van der Waals surface area contributed by atoms with Gasteiger partial charge in [-0.25, -0.2) is 4.98 Å². The molecule has 40 heavy (non-hydrogen) atoms. The molecule has 2 aromatic carbocycles. The van der Waals surface area contributed by atoms with Gasteiger partial charge in [-0.05, 0) is 35.9 Å². The number of hydrogen-bond acceptors (Lipinski definition) is 6. The molecule has 3 rings (SSSR count). The Bertz CT molecular complexity index is 1270. The molecular formula is C24H18F10N2O4. The molecule has 1 unspecified atom stereocenters. The molecule has 0 aliphatic rings. The van der Waals surface area contributed by atoms with E-state index in [4.69, 9.17) is 4.74 Å². The second-order valence-electron chi connectivity index (χ2n) is 8.01. The van der Waals surface area contributed by atoms with Crippen molar-refractivity contribution in [2.24, 2.45) is 0 Å². The molecule has 0 saturated heterocycles. The van der Waals surface area contributed by atoms with Crippen LogP contribution in [0.1, 0.15) is 5.56 Å². The molecule has 0 fully saturated rings. The number of halogens is 10. The molecule has 6 nitrogen and oxygen atoms in total. The van der Waals surface area contributed by atoms with Gasteiger partial charge in [0, 0.05) is 30.6 Å². The molecular weight excluding hydrogens is 570 g/mol. The molecule has 16 heteroatoms. The van der Waals surface area contributed by atoms with Gasteiger partial charge in [0.25, 0.3) is 0 Å². The summed E-state index contributed by atoms with van der Waals surface area (Å²) in [6.45, 7) is -4.74. The van der Waals surface area contributed by atoms with E-state index in [0.29, 0.717) is 0 Å². The number of anilines is 1. The van der Waals surface area contributed by atoms with Gasteiger partial charge in [-0.1, -0.05) is 18.2 Å². The monoisotopic (exact) mass is 588 g/mol. The summed E-state index contributed by atoms with van der Waals surface area (Å²) in [4.78, 5) is 4.53. The Morgan fingerprint density at radius 2 is 1.48 bits per heavy atom. The number of aliphatic hydroxyl groups is 1. The number of nitrogens with zero attached hydrogens (tertiary/aromatic N) is 2. The minimum atomic E-state index is -6.02. The fourth-order valence-electron chi connectivity index (χ4n) is 3.20. The molecule has 1 aromatic heterocycles. The maximum atomic E-state index is 13.3. The first-order valence-electron chi connectivity index (χ1n) is 10.9. The van der Waals surface area contributed by atoms with Gasteiger partial charge in [0.15, 0.2) is 6.10 Å². The largest absolute Gasteiger partial charge is 0.499 e. The second kappa shape index (κ2) is 12.1. The second-order valence-corrected chi connectivity index (χ2v) is 8.01. The smallest absolute Gasteiger partial charge is 0.457 e. The lowest BCUT2D eigenvalue weighted by atomic mass is 10.1. The molecule has 1 N–H and O–H groups in total. The minimum Gasteiger partial charge on any atom is -0.457 e. The molecule has 1 atom stereocenters. The summed E-state index contributed by atoms with van der Waals surface area (Å²) in [6, 6.07) is 11.4. The number of pyridine rings is 1. The van der Waals surface area contributed by atoms with Crippen LogP contribution in [-0.2, 0) is 6.54 Å². The standard InChI is InChI=1S/C24H18F10N2O4/c25-21(26)39-20-11-17(7-8-35-20)38-16-5-2-4-15(10-16)36(13-19(37)22(27,28)29)12-14-3-1-6-18(9-14)40-24(33,34)23(30,31)32/h1-11,19,21,37H,12-13H2. The Morgan fingerprint density at radius 3 is 2.12 bits per heavy atom. The van der Waals surface area contributed by atoms with Crippen molar-refractivity contribution in [2.75, 3.05) is 11.4 Å². The summed E-state index contributed by atoms with van der Waals surface area (Å²) >= 11 is 0. The molecule has 0 bridgehead atoms. The quantitative estimate of drug-likeness (QED) is 0.245. The highest BCUT2D eigenvalue weighted by molar-refractivity contribution is 5.52.